The second kappa shape index (κ2) is 7.42. The molecule has 3 rings (SSSR count). The van der Waals surface area contributed by atoms with Crippen molar-refractivity contribution in [2.45, 2.75) is 6.92 Å². The lowest BCUT2D eigenvalue weighted by Crippen LogP contribution is -2.09. The van der Waals surface area contributed by atoms with E-state index in [0.717, 1.165) is 5.56 Å². The van der Waals surface area contributed by atoms with Crippen molar-refractivity contribution in [3.63, 3.8) is 0 Å². The van der Waals surface area contributed by atoms with E-state index in [9.17, 15) is 14.7 Å². The summed E-state index contributed by atoms with van der Waals surface area (Å²) in [5, 5.41) is 9.46. The van der Waals surface area contributed by atoms with E-state index in [1.165, 1.54) is 36.4 Å². The minimum atomic E-state index is -0.524. The molecule has 0 amide bonds. The van der Waals surface area contributed by atoms with Gasteiger partial charge in [0.25, 0.3) is 0 Å². The van der Waals surface area contributed by atoms with Crippen LogP contribution < -0.4 is 4.74 Å². The molecule has 3 aromatic rings. The molecule has 26 heavy (non-hydrogen) atoms. The van der Waals surface area contributed by atoms with Gasteiger partial charge >= 0.3 is 5.97 Å². The molecule has 0 saturated heterocycles. The molecular formula is C21H15ClO4. The van der Waals surface area contributed by atoms with Crippen molar-refractivity contribution in [3.05, 3.63) is 94.0 Å². The number of halogens is 1. The highest BCUT2D eigenvalue weighted by Crippen LogP contribution is 2.27. The summed E-state index contributed by atoms with van der Waals surface area (Å²) in [6.07, 6.45) is 0. The first-order chi connectivity index (χ1) is 12.4. The third kappa shape index (κ3) is 3.92. The molecule has 1 N–H and O–H groups in total. The Labute approximate surface area is 155 Å². The van der Waals surface area contributed by atoms with Gasteiger partial charge in [-0.1, -0.05) is 29.3 Å². The van der Waals surface area contributed by atoms with Gasteiger partial charge < -0.3 is 9.84 Å². The molecule has 3 aromatic carbocycles. The van der Waals surface area contributed by atoms with Gasteiger partial charge in [0.1, 0.15) is 11.5 Å². The summed E-state index contributed by atoms with van der Waals surface area (Å²) < 4.78 is 5.31. The van der Waals surface area contributed by atoms with Crippen LogP contribution in [0.2, 0.25) is 5.02 Å². The highest BCUT2D eigenvalue weighted by Gasteiger charge is 2.15. The van der Waals surface area contributed by atoms with Crippen LogP contribution in [0.25, 0.3) is 0 Å². The number of ether oxygens (including phenoxy) is 1. The third-order valence-corrected chi connectivity index (χ3v) is 4.11. The summed E-state index contributed by atoms with van der Waals surface area (Å²) in [6.45, 7) is 1.93. The molecule has 4 nitrogen and oxygen atoms in total. The summed E-state index contributed by atoms with van der Waals surface area (Å²) in [5.74, 6) is -0.509. The van der Waals surface area contributed by atoms with Crippen molar-refractivity contribution >= 4 is 23.4 Å². The smallest absolute Gasteiger partial charge is 0.343 e. The fraction of sp³-hybridized carbons (Fsp3) is 0.0476. The van der Waals surface area contributed by atoms with E-state index >= 15 is 0 Å². The SMILES string of the molecule is Cc1ccc(C(=O)Oc2ccc(C(=O)c3ccc(O)cc3)cc2Cl)cc1. The summed E-state index contributed by atoms with van der Waals surface area (Å²) in [4.78, 5) is 24.6. The fourth-order valence-electron chi connectivity index (χ4n) is 2.35. The van der Waals surface area contributed by atoms with Crippen molar-refractivity contribution < 1.29 is 19.4 Å². The van der Waals surface area contributed by atoms with Crippen molar-refractivity contribution in [2.75, 3.05) is 0 Å². The lowest BCUT2D eigenvalue weighted by atomic mass is 10.0. The summed E-state index contributed by atoms with van der Waals surface area (Å²) in [7, 11) is 0. The Bertz CT molecular complexity index is 960. The maximum Gasteiger partial charge on any atom is 0.343 e. The van der Waals surface area contributed by atoms with E-state index in [1.807, 2.05) is 19.1 Å². The molecule has 0 heterocycles. The Morgan fingerprint density at radius 3 is 2.04 bits per heavy atom. The minimum absolute atomic E-state index is 0.0814. The average Bonchev–Trinajstić information content (AvgIpc) is 2.64. The Morgan fingerprint density at radius 2 is 1.42 bits per heavy atom. The van der Waals surface area contributed by atoms with Gasteiger partial charge in [0.05, 0.1) is 10.6 Å². The van der Waals surface area contributed by atoms with Crippen molar-refractivity contribution in [3.8, 4) is 11.5 Å². The van der Waals surface area contributed by atoms with Gasteiger partial charge in [-0.3, -0.25) is 4.79 Å². The first-order valence-electron chi connectivity index (χ1n) is 7.86. The number of aromatic hydroxyl groups is 1. The summed E-state index contributed by atoms with van der Waals surface area (Å²) in [6, 6.07) is 17.4. The van der Waals surface area contributed by atoms with Crippen LogP contribution in [0.3, 0.4) is 0 Å². The number of aryl methyl sites for hydroxylation is 1. The Hall–Kier alpha value is -3.11. The predicted molar refractivity (Wildman–Crippen MR) is 99.1 cm³/mol. The van der Waals surface area contributed by atoms with Crippen molar-refractivity contribution in [1.82, 2.24) is 0 Å². The molecule has 0 aromatic heterocycles. The molecule has 0 fully saturated rings. The van der Waals surface area contributed by atoms with Crippen molar-refractivity contribution in [1.29, 1.82) is 0 Å². The molecule has 0 radical (unpaired) electrons. The largest absolute Gasteiger partial charge is 0.508 e. The van der Waals surface area contributed by atoms with E-state index in [2.05, 4.69) is 0 Å². The molecular weight excluding hydrogens is 352 g/mol. The lowest BCUT2D eigenvalue weighted by molar-refractivity contribution is 0.0735. The van der Waals surface area contributed by atoms with E-state index < -0.39 is 5.97 Å². The van der Waals surface area contributed by atoms with E-state index in [-0.39, 0.29) is 22.3 Å². The summed E-state index contributed by atoms with van der Waals surface area (Å²) in [5.41, 5.74) is 2.23. The number of esters is 1. The highest BCUT2D eigenvalue weighted by molar-refractivity contribution is 6.32. The van der Waals surface area contributed by atoms with Gasteiger partial charge in [-0.25, -0.2) is 4.79 Å². The zero-order valence-corrected chi connectivity index (χ0v) is 14.7. The predicted octanol–water partition coefficient (Wildman–Crippen LogP) is 4.80. The van der Waals surface area contributed by atoms with Gasteiger partial charge in [-0.15, -0.1) is 0 Å². The normalized spacial score (nSPS) is 10.4. The number of phenols is 1. The number of hydrogen-bond acceptors (Lipinski definition) is 4. The van der Waals surface area contributed by atoms with Gasteiger partial charge in [-0.2, -0.15) is 0 Å². The minimum Gasteiger partial charge on any atom is -0.508 e. The Morgan fingerprint density at radius 1 is 0.846 bits per heavy atom. The van der Waals surface area contributed by atoms with E-state index in [4.69, 9.17) is 16.3 Å². The standard InChI is InChI=1S/C21H15ClO4/c1-13-2-4-15(5-3-13)21(25)26-19-11-8-16(12-18(19)22)20(24)14-6-9-17(23)10-7-14/h2-12,23H,1H3. The quantitative estimate of drug-likeness (QED) is 0.409. The number of carbonyl (C=O) groups excluding carboxylic acids is 2. The zero-order valence-electron chi connectivity index (χ0n) is 13.9. The van der Waals surface area contributed by atoms with Crippen LogP contribution in [0.15, 0.2) is 66.7 Å². The molecule has 130 valence electrons. The first-order valence-corrected chi connectivity index (χ1v) is 8.24. The van der Waals surface area contributed by atoms with E-state index in [1.54, 1.807) is 18.2 Å². The Kier molecular flexibility index (Phi) is 5.05. The molecule has 0 aliphatic carbocycles. The van der Waals surface area contributed by atoms with Crippen LogP contribution in [-0.4, -0.2) is 16.9 Å². The third-order valence-electron chi connectivity index (χ3n) is 3.81. The zero-order chi connectivity index (χ0) is 18.7. The molecule has 0 atom stereocenters. The van der Waals surface area contributed by atoms with Gasteiger partial charge in [-0.05, 0) is 61.5 Å². The van der Waals surface area contributed by atoms with Crippen LogP contribution in [0.5, 0.6) is 11.5 Å². The van der Waals surface area contributed by atoms with Gasteiger partial charge in [0.2, 0.25) is 0 Å². The molecule has 5 heteroatoms. The highest BCUT2D eigenvalue weighted by atomic mass is 35.5. The van der Waals surface area contributed by atoms with Gasteiger partial charge in [0, 0.05) is 11.1 Å². The molecule has 0 bridgehead atoms. The maximum absolute atomic E-state index is 12.4. The van der Waals surface area contributed by atoms with Crippen LogP contribution in [-0.2, 0) is 0 Å². The van der Waals surface area contributed by atoms with E-state index in [0.29, 0.717) is 16.7 Å². The number of phenolic OH excluding ortho intramolecular Hbond substituents is 1. The van der Waals surface area contributed by atoms with Crippen LogP contribution in [0.4, 0.5) is 0 Å². The maximum atomic E-state index is 12.4. The van der Waals surface area contributed by atoms with Crippen LogP contribution in [0.1, 0.15) is 31.8 Å². The molecule has 0 unspecified atom stereocenters. The number of benzene rings is 3. The van der Waals surface area contributed by atoms with Crippen LogP contribution >= 0.6 is 11.6 Å². The second-order valence-electron chi connectivity index (χ2n) is 5.78. The van der Waals surface area contributed by atoms with Crippen LogP contribution in [0, 0.1) is 6.92 Å². The molecule has 0 aliphatic rings. The molecule has 0 spiro atoms. The fourth-order valence-corrected chi connectivity index (χ4v) is 2.57. The number of ketones is 1. The topological polar surface area (TPSA) is 63.6 Å². The Balaban J connectivity index is 1.79. The number of carbonyl (C=O) groups is 2. The first kappa shape index (κ1) is 17.7. The number of hydrogen-bond donors (Lipinski definition) is 1. The second-order valence-corrected chi connectivity index (χ2v) is 6.18. The van der Waals surface area contributed by atoms with Gasteiger partial charge in [0.15, 0.2) is 5.78 Å². The monoisotopic (exact) mass is 366 g/mol. The molecule has 0 aliphatic heterocycles. The summed E-state index contributed by atoms with van der Waals surface area (Å²) >= 11 is 6.17. The number of rotatable bonds is 4. The average molecular weight is 367 g/mol. The molecule has 0 saturated carbocycles. The lowest BCUT2D eigenvalue weighted by Gasteiger charge is -2.08. The van der Waals surface area contributed by atoms with Crippen molar-refractivity contribution in [2.24, 2.45) is 0 Å².